The maximum atomic E-state index is 14.7. The molecule has 3 aliphatic rings. The van der Waals surface area contributed by atoms with Crippen LogP contribution < -0.4 is 0 Å². The van der Waals surface area contributed by atoms with Crippen molar-refractivity contribution in [3.05, 3.63) is 135 Å². The Bertz CT molecular complexity index is 1750. The minimum absolute atomic E-state index is 0.141. The lowest BCUT2D eigenvalue weighted by Gasteiger charge is -2.47. The number of hydrogen-bond acceptors (Lipinski definition) is 3. The molecule has 0 spiro atoms. The average Bonchev–Trinajstić information content (AvgIpc) is 2.92. The molecule has 6 heteroatoms. The zero-order valence-corrected chi connectivity index (χ0v) is 28.8. The van der Waals surface area contributed by atoms with Gasteiger partial charge in [-0.2, -0.15) is 0 Å². The van der Waals surface area contributed by atoms with Crippen molar-refractivity contribution in [3.63, 3.8) is 0 Å². The van der Waals surface area contributed by atoms with Crippen LogP contribution in [0.3, 0.4) is 0 Å². The third-order valence-corrected chi connectivity index (χ3v) is 11.2. The fraction of sp³-hybridized carbons (Fsp3) is 0.250. The number of carbonyl (C=O) groups excluding carboxylic acids is 3. The number of benzene rings is 4. The molecule has 0 fully saturated rings. The van der Waals surface area contributed by atoms with Crippen molar-refractivity contribution in [2.24, 2.45) is 0 Å². The molecule has 7 rings (SSSR count). The highest BCUT2D eigenvalue weighted by Gasteiger charge is 2.53. The predicted molar refractivity (Wildman–Crippen MR) is 176 cm³/mol. The molecule has 0 atom stereocenters. The van der Waals surface area contributed by atoms with Crippen LogP contribution in [0.1, 0.15) is 123 Å². The maximum absolute atomic E-state index is 14.7. The highest BCUT2D eigenvalue weighted by atomic mass is 79.9. The van der Waals surface area contributed by atoms with E-state index in [1.54, 1.807) is 0 Å². The van der Waals surface area contributed by atoms with Crippen LogP contribution in [0.15, 0.2) is 68.0 Å². The van der Waals surface area contributed by atoms with E-state index < -0.39 is 16.2 Å². The largest absolute Gasteiger partial charge is 0.289 e. The zero-order valence-electron chi connectivity index (χ0n) is 24.1. The third-order valence-electron chi connectivity index (χ3n) is 9.75. The Labute approximate surface area is 270 Å². The highest BCUT2D eigenvalue weighted by Crippen LogP contribution is 2.57. The van der Waals surface area contributed by atoms with Gasteiger partial charge in [0.05, 0.1) is 0 Å². The molecule has 0 saturated carbocycles. The first kappa shape index (κ1) is 28.1. The number of ketones is 3. The van der Waals surface area contributed by atoms with Gasteiger partial charge in [0.1, 0.15) is 0 Å². The van der Waals surface area contributed by atoms with Gasteiger partial charge in [-0.1, -0.05) is 89.3 Å². The van der Waals surface area contributed by atoms with Gasteiger partial charge in [0.25, 0.3) is 0 Å². The van der Waals surface area contributed by atoms with Gasteiger partial charge in [-0.05, 0) is 88.0 Å². The molecule has 0 N–H and O–H groups in total. The van der Waals surface area contributed by atoms with E-state index in [9.17, 15) is 14.4 Å². The van der Waals surface area contributed by atoms with Crippen molar-refractivity contribution in [1.82, 2.24) is 0 Å². The smallest absolute Gasteiger partial charge is 0.194 e. The van der Waals surface area contributed by atoms with Gasteiger partial charge in [-0.25, -0.2) is 0 Å². The monoisotopic (exact) mass is 744 g/mol. The Morgan fingerprint density at radius 1 is 0.429 bits per heavy atom. The molecule has 0 saturated heterocycles. The summed E-state index contributed by atoms with van der Waals surface area (Å²) < 4.78 is 2.61. The minimum atomic E-state index is -0.698. The molecule has 0 aromatic heterocycles. The van der Waals surface area contributed by atoms with Crippen molar-refractivity contribution in [3.8, 4) is 0 Å². The van der Waals surface area contributed by atoms with Crippen LogP contribution >= 0.6 is 47.8 Å². The van der Waals surface area contributed by atoms with E-state index in [2.05, 4.69) is 89.3 Å². The Morgan fingerprint density at radius 3 is 0.905 bits per heavy atom. The van der Waals surface area contributed by atoms with Crippen LogP contribution in [-0.4, -0.2) is 17.3 Å². The lowest BCUT2D eigenvalue weighted by molar-refractivity contribution is 0.102. The van der Waals surface area contributed by atoms with Crippen LogP contribution in [0.5, 0.6) is 0 Å². The van der Waals surface area contributed by atoms with Crippen molar-refractivity contribution in [2.45, 2.75) is 57.8 Å². The molecule has 4 aromatic rings. The predicted octanol–water partition coefficient (Wildman–Crippen LogP) is 9.58. The molecular weight excluding hydrogens is 720 g/mol. The van der Waals surface area contributed by atoms with E-state index in [1.807, 2.05) is 54.6 Å². The quantitative estimate of drug-likeness (QED) is 0.180. The first-order valence-corrected chi connectivity index (χ1v) is 16.3. The summed E-state index contributed by atoms with van der Waals surface area (Å²) in [5, 5.41) is 0. The maximum Gasteiger partial charge on any atom is 0.194 e. The summed E-state index contributed by atoms with van der Waals surface area (Å²) >= 11 is 10.8. The standard InChI is InChI=1S/C36H27Br3O3/c1-34(2)22-13-16(37)7-10-19(22)31(40)25-28(34)26-30(35(3,4)23-14-17(38)8-11-20(23)32(26)41)27-29(25)36(5,6)24-15-18(39)9-12-21(24)33(27)42/h7-15H,1-6H3. The van der Waals surface area contributed by atoms with Gasteiger partial charge in [0.15, 0.2) is 17.3 Å². The van der Waals surface area contributed by atoms with Crippen LogP contribution in [0.2, 0.25) is 0 Å². The van der Waals surface area contributed by atoms with E-state index in [-0.39, 0.29) is 17.3 Å². The van der Waals surface area contributed by atoms with Crippen molar-refractivity contribution in [2.75, 3.05) is 0 Å². The second kappa shape index (κ2) is 8.71. The Morgan fingerprint density at radius 2 is 0.667 bits per heavy atom. The number of halogens is 3. The molecule has 0 unspecified atom stereocenters. The topological polar surface area (TPSA) is 51.2 Å². The van der Waals surface area contributed by atoms with Crippen LogP contribution in [0, 0.1) is 0 Å². The second-order valence-electron chi connectivity index (χ2n) is 13.2. The fourth-order valence-electron chi connectivity index (χ4n) is 7.81. The summed E-state index contributed by atoms with van der Waals surface area (Å²) in [6.45, 7) is 12.6. The van der Waals surface area contributed by atoms with Crippen molar-refractivity contribution in [1.29, 1.82) is 0 Å². The third kappa shape index (κ3) is 3.40. The number of rotatable bonds is 0. The average molecular weight is 747 g/mol. The van der Waals surface area contributed by atoms with E-state index in [1.165, 1.54) is 0 Å². The zero-order chi connectivity index (χ0) is 30.3. The molecule has 210 valence electrons. The van der Waals surface area contributed by atoms with E-state index in [0.717, 1.165) is 46.8 Å². The first-order valence-electron chi connectivity index (χ1n) is 13.9. The van der Waals surface area contributed by atoms with Gasteiger partial charge < -0.3 is 0 Å². The highest BCUT2D eigenvalue weighted by molar-refractivity contribution is 9.11. The van der Waals surface area contributed by atoms with E-state index in [0.29, 0.717) is 33.4 Å². The summed E-state index contributed by atoms with van der Waals surface area (Å²) in [6, 6.07) is 17.2. The second-order valence-corrected chi connectivity index (χ2v) is 15.9. The molecule has 0 bridgehead atoms. The number of fused-ring (bicyclic) bond motifs is 9. The van der Waals surface area contributed by atoms with Crippen LogP contribution in [-0.2, 0) is 16.2 Å². The molecule has 0 heterocycles. The lowest BCUT2D eigenvalue weighted by Crippen LogP contribution is -2.44. The van der Waals surface area contributed by atoms with Crippen LogP contribution in [0.25, 0.3) is 0 Å². The molecular formula is C36H27Br3O3. The van der Waals surface area contributed by atoms with Gasteiger partial charge >= 0.3 is 0 Å². The van der Waals surface area contributed by atoms with E-state index in [4.69, 9.17) is 0 Å². The van der Waals surface area contributed by atoms with Crippen molar-refractivity contribution < 1.29 is 14.4 Å². The van der Waals surface area contributed by atoms with E-state index >= 15 is 0 Å². The van der Waals surface area contributed by atoms with Crippen molar-refractivity contribution >= 4 is 65.1 Å². The molecule has 4 aromatic carbocycles. The lowest BCUT2D eigenvalue weighted by atomic mass is 9.54. The molecule has 42 heavy (non-hydrogen) atoms. The fourth-order valence-corrected chi connectivity index (χ4v) is 8.89. The molecule has 3 nitrogen and oxygen atoms in total. The molecule has 0 radical (unpaired) electrons. The Hall–Kier alpha value is -2.67. The number of carbonyl (C=O) groups is 3. The summed E-state index contributed by atoms with van der Waals surface area (Å²) in [5.74, 6) is -0.424. The Balaban J connectivity index is 1.74. The summed E-state index contributed by atoms with van der Waals surface area (Å²) in [6.07, 6.45) is 0. The first-order chi connectivity index (χ1) is 19.6. The van der Waals surface area contributed by atoms with Gasteiger partial charge in [0.2, 0.25) is 0 Å². The molecule has 0 amide bonds. The summed E-state index contributed by atoms with van der Waals surface area (Å²) in [4.78, 5) is 44.2. The Kier molecular flexibility index (Phi) is 5.83. The minimum Gasteiger partial charge on any atom is -0.289 e. The number of hydrogen-bond donors (Lipinski definition) is 0. The molecule has 3 aliphatic carbocycles. The summed E-state index contributed by atoms with van der Waals surface area (Å²) in [5.41, 5.74) is 5.98. The normalized spacial score (nSPS) is 18.4. The SMILES string of the molecule is CC1(C)c2cc(Br)ccc2C(=O)c2c1c1c(c3c2C(C)(C)c2cc(Br)ccc2C3=O)C(C)(C)c2cc(Br)ccc2C1=O. The molecule has 0 aliphatic heterocycles. The van der Waals surface area contributed by atoms with Gasteiger partial charge in [-0.15, -0.1) is 0 Å². The van der Waals surface area contributed by atoms with Crippen LogP contribution in [0.4, 0.5) is 0 Å². The van der Waals surface area contributed by atoms with Gasteiger partial charge in [0, 0.05) is 63.0 Å². The summed E-state index contributed by atoms with van der Waals surface area (Å²) in [7, 11) is 0. The van der Waals surface area contributed by atoms with Gasteiger partial charge in [-0.3, -0.25) is 14.4 Å².